The maximum atomic E-state index is 9.40. The molecule has 2 aromatic carbocycles. The summed E-state index contributed by atoms with van der Waals surface area (Å²) in [6.07, 6.45) is 12.1. The molecule has 0 unspecified atom stereocenters. The molecule has 0 radical (unpaired) electrons. The Morgan fingerprint density at radius 2 is 1.38 bits per heavy atom. The van der Waals surface area contributed by atoms with Crippen molar-refractivity contribution in [2.45, 2.75) is 0 Å². The van der Waals surface area contributed by atoms with E-state index in [0.29, 0.717) is 17.1 Å². The van der Waals surface area contributed by atoms with Crippen molar-refractivity contribution >= 4 is 11.6 Å². The number of ether oxygens (including phenoxy) is 2. The Balaban J connectivity index is 2.15. The van der Waals surface area contributed by atoms with Crippen molar-refractivity contribution in [3.8, 4) is 42.3 Å². The third-order valence-corrected chi connectivity index (χ3v) is 3.12. The van der Waals surface area contributed by atoms with Gasteiger partial charge in [-0.05, 0) is 53.6 Å². The summed E-state index contributed by atoms with van der Waals surface area (Å²) in [4.78, 5) is 0. The Hall–Kier alpha value is -3.61. The standard InChI is InChI=1S/C21H15NO2/c1-3-13-23-20-9-5-17(6-10-20)15-19(16-22)18-7-11-21(12-8-18)24-14-4-2/h1-2,5-12,15H,13-14H2. The van der Waals surface area contributed by atoms with Gasteiger partial charge in [-0.2, -0.15) is 5.26 Å². The monoisotopic (exact) mass is 313 g/mol. The number of nitrogens with zero attached hydrogens (tertiary/aromatic N) is 1. The van der Waals surface area contributed by atoms with Crippen LogP contribution in [0.5, 0.6) is 11.5 Å². The Morgan fingerprint density at radius 1 is 0.875 bits per heavy atom. The van der Waals surface area contributed by atoms with Crippen molar-refractivity contribution in [1.29, 1.82) is 5.26 Å². The molecular formula is C21H15NO2. The molecule has 0 aromatic heterocycles. The lowest BCUT2D eigenvalue weighted by atomic mass is 10.0. The van der Waals surface area contributed by atoms with E-state index < -0.39 is 0 Å². The first-order chi connectivity index (χ1) is 11.8. The van der Waals surface area contributed by atoms with Crippen LogP contribution in [0.25, 0.3) is 11.6 Å². The third-order valence-electron chi connectivity index (χ3n) is 3.12. The maximum Gasteiger partial charge on any atom is 0.148 e. The van der Waals surface area contributed by atoms with Crippen molar-refractivity contribution in [3.63, 3.8) is 0 Å². The maximum absolute atomic E-state index is 9.40. The molecule has 3 heteroatoms. The Morgan fingerprint density at radius 3 is 1.83 bits per heavy atom. The van der Waals surface area contributed by atoms with Gasteiger partial charge in [0.05, 0.1) is 11.6 Å². The van der Waals surface area contributed by atoms with E-state index in [9.17, 15) is 5.26 Å². The average molecular weight is 313 g/mol. The highest BCUT2D eigenvalue weighted by Gasteiger charge is 2.02. The van der Waals surface area contributed by atoms with Crippen molar-refractivity contribution in [2.75, 3.05) is 13.2 Å². The fourth-order valence-corrected chi connectivity index (χ4v) is 1.99. The van der Waals surface area contributed by atoms with Gasteiger partial charge in [0.1, 0.15) is 24.7 Å². The number of rotatable bonds is 6. The molecule has 0 aliphatic carbocycles. The summed E-state index contributed by atoms with van der Waals surface area (Å²) in [5.41, 5.74) is 2.25. The van der Waals surface area contributed by atoms with Gasteiger partial charge in [0.15, 0.2) is 0 Å². The lowest BCUT2D eigenvalue weighted by molar-refractivity contribution is 0.370. The molecule has 0 N–H and O–H groups in total. The zero-order valence-corrected chi connectivity index (χ0v) is 13.0. The molecule has 0 bridgehead atoms. The van der Waals surface area contributed by atoms with Gasteiger partial charge < -0.3 is 9.47 Å². The first kappa shape index (κ1) is 16.8. The van der Waals surface area contributed by atoms with Crippen LogP contribution < -0.4 is 9.47 Å². The number of nitriles is 1. The van der Waals surface area contributed by atoms with Crippen LogP contribution in [0, 0.1) is 36.0 Å². The molecule has 0 heterocycles. The molecule has 0 aliphatic rings. The van der Waals surface area contributed by atoms with Crippen molar-refractivity contribution in [1.82, 2.24) is 0 Å². The van der Waals surface area contributed by atoms with Gasteiger partial charge >= 0.3 is 0 Å². The predicted molar refractivity (Wildman–Crippen MR) is 95.0 cm³/mol. The number of hydrogen-bond acceptors (Lipinski definition) is 3. The first-order valence-electron chi connectivity index (χ1n) is 7.21. The van der Waals surface area contributed by atoms with E-state index in [2.05, 4.69) is 17.9 Å². The fraction of sp³-hybridized carbons (Fsp3) is 0.0952. The molecule has 0 saturated carbocycles. The van der Waals surface area contributed by atoms with Gasteiger partial charge in [-0.1, -0.05) is 24.0 Å². The van der Waals surface area contributed by atoms with Crippen LogP contribution in [-0.2, 0) is 0 Å². The fourth-order valence-electron chi connectivity index (χ4n) is 1.99. The van der Waals surface area contributed by atoms with Gasteiger partial charge in [-0.25, -0.2) is 0 Å². The molecule has 24 heavy (non-hydrogen) atoms. The molecule has 2 rings (SSSR count). The predicted octanol–water partition coefficient (Wildman–Crippen LogP) is 3.77. The summed E-state index contributed by atoms with van der Waals surface area (Å²) in [5.74, 6) is 6.18. The molecular weight excluding hydrogens is 298 g/mol. The molecule has 0 aliphatic heterocycles. The smallest absolute Gasteiger partial charge is 0.148 e. The molecule has 3 nitrogen and oxygen atoms in total. The second-order valence-electron chi connectivity index (χ2n) is 4.75. The van der Waals surface area contributed by atoms with E-state index in [4.69, 9.17) is 22.3 Å². The molecule has 0 saturated heterocycles. The van der Waals surface area contributed by atoms with Crippen molar-refractivity contribution < 1.29 is 9.47 Å². The minimum atomic E-state index is 0.217. The summed E-state index contributed by atoms with van der Waals surface area (Å²) < 4.78 is 10.6. The van der Waals surface area contributed by atoms with E-state index >= 15 is 0 Å². The van der Waals surface area contributed by atoms with Crippen LogP contribution in [0.1, 0.15) is 11.1 Å². The molecule has 0 amide bonds. The summed E-state index contributed by atoms with van der Waals surface area (Å²) in [7, 11) is 0. The van der Waals surface area contributed by atoms with E-state index in [-0.39, 0.29) is 13.2 Å². The van der Waals surface area contributed by atoms with Crippen molar-refractivity contribution in [3.05, 3.63) is 59.7 Å². The van der Waals surface area contributed by atoms with Gasteiger partial charge in [-0.3, -0.25) is 0 Å². The third kappa shape index (κ3) is 4.70. The lowest BCUT2D eigenvalue weighted by Gasteiger charge is -2.05. The molecule has 0 spiro atoms. The van der Waals surface area contributed by atoms with Crippen LogP contribution in [-0.4, -0.2) is 13.2 Å². The Bertz CT molecular complexity index is 826. The summed E-state index contributed by atoms with van der Waals surface area (Å²) in [6.45, 7) is 0.446. The molecule has 2 aromatic rings. The van der Waals surface area contributed by atoms with Crippen LogP contribution in [0.2, 0.25) is 0 Å². The SMILES string of the molecule is C#CCOc1ccc(C=C(C#N)c2ccc(OCC#C)cc2)cc1. The molecule has 116 valence electrons. The van der Waals surface area contributed by atoms with Gasteiger partial charge in [0.25, 0.3) is 0 Å². The average Bonchev–Trinajstić information content (AvgIpc) is 2.64. The first-order valence-corrected chi connectivity index (χ1v) is 7.21. The summed E-state index contributed by atoms with van der Waals surface area (Å²) in [5, 5.41) is 9.40. The highest BCUT2D eigenvalue weighted by atomic mass is 16.5. The topological polar surface area (TPSA) is 42.2 Å². The molecule has 0 atom stereocenters. The number of hydrogen-bond donors (Lipinski definition) is 0. The second kappa shape index (κ2) is 8.74. The highest BCUT2D eigenvalue weighted by Crippen LogP contribution is 2.22. The van der Waals surface area contributed by atoms with Crippen LogP contribution in [0.4, 0.5) is 0 Å². The highest BCUT2D eigenvalue weighted by molar-refractivity contribution is 5.89. The van der Waals surface area contributed by atoms with Gasteiger partial charge in [0.2, 0.25) is 0 Å². The van der Waals surface area contributed by atoms with Gasteiger partial charge in [0, 0.05) is 0 Å². The van der Waals surface area contributed by atoms with E-state index in [0.717, 1.165) is 11.1 Å². The second-order valence-corrected chi connectivity index (χ2v) is 4.75. The number of terminal acetylenes is 2. The number of benzene rings is 2. The lowest BCUT2D eigenvalue weighted by Crippen LogP contribution is -1.93. The quantitative estimate of drug-likeness (QED) is 0.463. The summed E-state index contributed by atoms with van der Waals surface area (Å²) >= 11 is 0. The van der Waals surface area contributed by atoms with Crippen LogP contribution in [0.3, 0.4) is 0 Å². The normalized spacial score (nSPS) is 10.1. The Kier molecular flexibility index (Phi) is 6.10. The minimum absolute atomic E-state index is 0.217. The van der Waals surface area contributed by atoms with E-state index in [1.165, 1.54) is 0 Å². The van der Waals surface area contributed by atoms with Crippen LogP contribution >= 0.6 is 0 Å². The van der Waals surface area contributed by atoms with Gasteiger partial charge in [-0.15, -0.1) is 12.8 Å². The minimum Gasteiger partial charge on any atom is -0.481 e. The zero-order valence-electron chi connectivity index (χ0n) is 13.0. The van der Waals surface area contributed by atoms with E-state index in [1.54, 1.807) is 12.1 Å². The van der Waals surface area contributed by atoms with Crippen LogP contribution in [0.15, 0.2) is 48.5 Å². The summed E-state index contributed by atoms with van der Waals surface area (Å²) in [6, 6.07) is 16.8. The van der Waals surface area contributed by atoms with Crippen molar-refractivity contribution in [2.24, 2.45) is 0 Å². The Labute approximate surface area is 142 Å². The molecule has 0 fully saturated rings. The zero-order chi connectivity index (χ0) is 17.2. The van der Waals surface area contributed by atoms with E-state index in [1.807, 2.05) is 42.5 Å². The largest absolute Gasteiger partial charge is 0.481 e. The number of allylic oxidation sites excluding steroid dienone is 1.